The van der Waals surface area contributed by atoms with Gasteiger partial charge in [0.2, 0.25) is 0 Å². The van der Waals surface area contributed by atoms with Crippen molar-refractivity contribution in [2.24, 2.45) is 0 Å². The zero-order chi connectivity index (χ0) is 16.8. The van der Waals surface area contributed by atoms with E-state index >= 15 is 0 Å². The lowest BCUT2D eigenvalue weighted by molar-refractivity contribution is -0.385. The smallest absolute Gasteiger partial charge is 0.273 e. The summed E-state index contributed by atoms with van der Waals surface area (Å²) >= 11 is 1.21. The van der Waals surface area contributed by atoms with E-state index in [4.69, 9.17) is 14.7 Å². The second kappa shape index (κ2) is 7.24. The SMILES string of the molecule is COc1ccc([N+](=O)[O-])cc1OCC(=O)Nc1sccc1C#N. The quantitative estimate of drug-likeness (QED) is 0.642. The number of non-ortho nitro benzene ring substituents is 1. The van der Waals surface area contributed by atoms with Crippen molar-refractivity contribution in [3.63, 3.8) is 0 Å². The molecule has 0 fully saturated rings. The number of amides is 1. The number of hydrogen-bond acceptors (Lipinski definition) is 7. The van der Waals surface area contributed by atoms with Gasteiger partial charge in [-0.1, -0.05) is 0 Å². The fourth-order valence-corrected chi connectivity index (χ4v) is 2.45. The lowest BCUT2D eigenvalue weighted by Crippen LogP contribution is -2.20. The van der Waals surface area contributed by atoms with E-state index in [0.717, 1.165) is 0 Å². The van der Waals surface area contributed by atoms with Gasteiger partial charge in [0.15, 0.2) is 18.1 Å². The topological polar surface area (TPSA) is 114 Å². The predicted octanol–water partition coefficient (Wildman–Crippen LogP) is 2.55. The molecule has 118 valence electrons. The fraction of sp³-hybridized carbons (Fsp3) is 0.143. The van der Waals surface area contributed by atoms with Gasteiger partial charge >= 0.3 is 0 Å². The highest BCUT2D eigenvalue weighted by molar-refractivity contribution is 7.14. The minimum absolute atomic E-state index is 0.0866. The van der Waals surface area contributed by atoms with Gasteiger partial charge in [-0.15, -0.1) is 11.3 Å². The van der Waals surface area contributed by atoms with Crippen LogP contribution in [0.5, 0.6) is 11.5 Å². The Balaban J connectivity index is 2.05. The first-order valence-corrected chi connectivity index (χ1v) is 7.15. The maximum absolute atomic E-state index is 11.9. The number of thiophene rings is 1. The predicted molar refractivity (Wildman–Crippen MR) is 82.8 cm³/mol. The molecule has 0 aliphatic rings. The zero-order valence-corrected chi connectivity index (χ0v) is 12.8. The van der Waals surface area contributed by atoms with Gasteiger partial charge < -0.3 is 14.8 Å². The maximum Gasteiger partial charge on any atom is 0.273 e. The van der Waals surface area contributed by atoms with Crippen LogP contribution >= 0.6 is 11.3 Å². The van der Waals surface area contributed by atoms with Crippen molar-refractivity contribution in [3.05, 3.63) is 45.3 Å². The highest BCUT2D eigenvalue weighted by Crippen LogP contribution is 2.31. The van der Waals surface area contributed by atoms with E-state index in [9.17, 15) is 14.9 Å². The molecule has 8 nitrogen and oxygen atoms in total. The molecular weight excluding hydrogens is 322 g/mol. The number of anilines is 1. The molecule has 0 radical (unpaired) electrons. The summed E-state index contributed by atoms with van der Waals surface area (Å²) < 4.78 is 10.3. The number of nitrogens with one attached hydrogen (secondary N) is 1. The molecule has 9 heteroatoms. The summed E-state index contributed by atoms with van der Waals surface area (Å²) in [7, 11) is 1.39. The van der Waals surface area contributed by atoms with Crippen molar-refractivity contribution in [2.45, 2.75) is 0 Å². The number of ether oxygens (including phenoxy) is 2. The van der Waals surface area contributed by atoms with Crippen molar-refractivity contribution < 1.29 is 19.2 Å². The van der Waals surface area contributed by atoms with Crippen LogP contribution in [0.1, 0.15) is 5.56 Å². The Bertz CT molecular complexity index is 781. The summed E-state index contributed by atoms with van der Waals surface area (Å²) in [5, 5.41) is 24.3. The summed E-state index contributed by atoms with van der Waals surface area (Å²) in [4.78, 5) is 22.1. The van der Waals surface area contributed by atoms with Crippen LogP contribution in [0.2, 0.25) is 0 Å². The Kier molecular flexibility index (Phi) is 5.11. The minimum Gasteiger partial charge on any atom is -0.493 e. The van der Waals surface area contributed by atoms with Gasteiger partial charge in [0.05, 0.1) is 23.7 Å². The average Bonchev–Trinajstić information content (AvgIpc) is 2.99. The molecule has 0 saturated heterocycles. The number of rotatable bonds is 6. The third kappa shape index (κ3) is 3.96. The first-order chi connectivity index (χ1) is 11.0. The number of carbonyl (C=O) groups is 1. The van der Waals surface area contributed by atoms with Crippen LogP contribution in [-0.2, 0) is 4.79 Å². The molecule has 0 spiro atoms. The monoisotopic (exact) mass is 333 g/mol. The molecule has 1 N–H and O–H groups in total. The summed E-state index contributed by atoms with van der Waals surface area (Å²) in [6.07, 6.45) is 0. The van der Waals surface area contributed by atoms with E-state index in [-0.39, 0.29) is 23.8 Å². The first kappa shape index (κ1) is 16.3. The lowest BCUT2D eigenvalue weighted by atomic mass is 10.3. The summed E-state index contributed by atoms with van der Waals surface area (Å²) in [6.45, 7) is -0.375. The van der Waals surface area contributed by atoms with Crippen LogP contribution in [0.25, 0.3) is 0 Å². The van der Waals surface area contributed by atoms with Gasteiger partial charge in [0.1, 0.15) is 11.1 Å². The summed E-state index contributed by atoms with van der Waals surface area (Å²) in [5.74, 6) is -0.127. The van der Waals surface area contributed by atoms with Gasteiger partial charge in [-0.25, -0.2) is 0 Å². The van der Waals surface area contributed by atoms with E-state index in [1.54, 1.807) is 11.4 Å². The van der Waals surface area contributed by atoms with Crippen molar-refractivity contribution in [3.8, 4) is 17.6 Å². The number of nitrogens with zero attached hydrogens (tertiary/aromatic N) is 2. The van der Waals surface area contributed by atoms with Crippen molar-refractivity contribution >= 4 is 27.9 Å². The number of carbonyl (C=O) groups excluding carboxylic acids is 1. The van der Waals surface area contributed by atoms with Crippen molar-refractivity contribution in [1.82, 2.24) is 0 Å². The summed E-state index contributed by atoms with van der Waals surface area (Å²) in [6, 6.07) is 7.38. The Labute approximate surface area is 135 Å². The first-order valence-electron chi connectivity index (χ1n) is 6.28. The Morgan fingerprint density at radius 3 is 2.87 bits per heavy atom. The van der Waals surface area contributed by atoms with Gasteiger partial charge in [-0.3, -0.25) is 14.9 Å². The van der Waals surface area contributed by atoms with Crippen LogP contribution < -0.4 is 14.8 Å². The number of nitro benzene ring substituents is 1. The van der Waals surface area contributed by atoms with E-state index in [1.807, 2.05) is 6.07 Å². The number of hydrogen-bond donors (Lipinski definition) is 1. The van der Waals surface area contributed by atoms with E-state index in [1.165, 1.54) is 36.6 Å². The molecule has 0 aliphatic carbocycles. The Morgan fingerprint density at radius 1 is 1.43 bits per heavy atom. The second-order valence-electron chi connectivity index (χ2n) is 4.20. The normalized spacial score (nSPS) is 9.74. The number of benzene rings is 1. The molecule has 0 unspecified atom stereocenters. The highest BCUT2D eigenvalue weighted by Gasteiger charge is 2.14. The molecule has 1 aromatic carbocycles. The van der Waals surface area contributed by atoms with Gasteiger partial charge in [-0.05, 0) is 17.5 Å². The molecule has 1 heterocycles. The van der Waals surface area contributed by atoms with Crippen LogP contribution in [-0.4, -0.2) is 24.5 Å². The zero-order valence-electron chi connectivity index (χ0n) is 11.9. The minimum atomic E-state index is -0.572. The average molecular weight is 333 g/mol. The van der Waals surface area contributed by atoms with Crippen molar-refractivity contribution in [2.75, 3.05) is 19.0 Å². The third-order valence-corrected chi connectivity index (χ3v) is 3.59. The third-order valence-electron chi connectivity index (χ3n) is 2.76. The lowest BCUT2D eigenvalue weighted by Gasteiger charge is -2.10. The summed E-state index contributed by atoms with van der Waals surface area (Å²) in [5.41, 5.74) is 0.183. The van der Waals surface area contributed by atoms with Gasteiger partial charge in [0, 0.05) is 6.07 Å². The molecule has 2 rings (SSSR count). The van der Waals surface area contributed by atoms with Crippen LogP contribution in [0.4, 0.5) is 10.7 Å². The highest BCUT2D eigenvalue weighted by atomic mass is 32.1. The van der Waals surface area contributed by atoms with E-state index in [0.29, 0.717) is 10.6 Å². The van der Waals surface area contributed by atoms with Gasteiger partial charge in [0.25, 0.3) is 11.6 Å². The second-order valence-corrected chi connectivity index (χ2v) is 5.12. The van der Waals surface area contributed by atoms with Crippen LogP contribution in [0, 0.1) is 21.4 Å². The number of nitriles is 1. The molecule has 0 bridgehead atoms. The number of nitro groups is 1. The van der Waals surface area contributed by atoms with Crippen molar-refractivity contribution in [1.29, 1.82) is 5.26 Å². The molecule has 0 aliphatic heterocycles. The van der Waals surface area contributed by atoms with E-state index in [2.05, 4.69) is 5.32 Å². The molecular formula is C14H11N3O5S. The fourth-order valence-electron chi connectivity index (χ4n) is 1.69. The van der Waals surface area contributed by atoms with Crippen LogP contribution in [0.3, 0.4) is 0 Å². The molecule has 0 atom stereocenters. The largest absolute Gasteiger partial charge is 0.493 e. The Morgan fingerprint density at radius 2 is 2.22 bits per heavy atom. The molecule has 1 amide bonds. The Hall–Kier alpha value is -3.12. The molecule has 1 aromatic heterocycles. The molecule has 23 heavy (non-hydrogen) atoms. The maximum atomic E-state index is 11.9. The standard InChI is InChI=1S/C14H11N3O5S/c1-21-11-3-2-10(17(19)20)6-12(11)22-8-13(18)16-14-9(7-15)4-5-23-14/h2-6H,8H2,1H3,(H,16,18). The molecule has 0 saturated carbocycles. The van der Waals surface area contributed by atoms with Crippen LogP contribution in [0.15, 0.2) is 29.6 Å². The molecule has 2 aromatic rings. The van der Waals surface area contributed by atoms with Gasteiger partial charge in [-0.2, -0.15) is 5.26 Å². The van der Waals surface area contributed by atoms with E-state index < -0.39 is 10.8 Å². The number of methoxy groups -OCH3 is 1.